The third-order valence-corrected chi connectivity index (χ3v) is 6.61. The van der Waals surface area contributed by atoms with Crippen molar-refractivity contribution in [3.05, 3.63) is 83.4 Å². The molecule has 184 valence electrons. The monoisotopic (exact) mass is 474 g/mol. The molecule has 0 saturated carbocycles. The second-order valence-corrected chi connectivity index (χ2v) is 8.94. The molecule has 0 spiro atoms. The summed E-state index contributed by atoms with van der Waals surface area (Å²) in [6.45, 7) is 4.66. The molecule has 0 aromatic heterocycles. The van der Waals surface area contributed by atoms with Gasteiger partial charge in [-0.2, -0.15) is 0 Å². The molecule has 0 radical (unpaired) electrons. The SMILES string of the molecule is COc1cc(CN2CCC(N(C(=O)c3ccccc3OC)c3ccc(C)cc3)CC2)cc(OC)c1. The van der Waals surface area contributed by atoms with Crippen LogP contribution < -0.4 is 19.1 Å². The minimum absolute atomic E-state index is 0.0257. The Kier molecular flexibility index (Phi) is 7.93. The minimum atomic E-state index is -0.0257. The van der Waals surface area contributed by atoms with Gasteiger partial charge in [-0.1, -0.05) is 29.8 Å². The highest BCUT2D eigenvalue weighted by Crippen LogP contribution is 2.30. The minimum Gasteiger partial charge on any atom is -0.497 e. The number of nitrogens with zero attached hydrogens (tertiary/aromatic N) is 2. The predicted molar refractivity (Wildman–Crippen MR) is 139 cm³/mol. The highest BCUT2D eigenvalue weighted by atomic mass is 16.5. The van der Waals surface area contributed by atoms with E-state index in [2.05, 4.69) is 36.1 Å². The van der Waals surface area contributed by atoms with E-state index in [9.17, 15) is 4.79 Å². The van der Waals surface area contributed by atoms with Crippen molar-refractivity contribution in [3.63, 3.8) is 0 Å². The average molecular weight is 475 g/mol. The van der Waals surface area contributed by atoms with Gasteiger partial charge in [-0.25, -0.2) is 0 Å². The Bertz CT molecular complexity index is 1120. The topological polar surface area (TPSA) is 51.2 Å². The molecular weight excluding hydrogens is 440 g/mol. The Morgan fingerprint density at radius 1 is 0.886 bits per heavy atom. The highest BCUT2D eigenvalue weighted by molar-refractivity contribution is 6.08. The first-order valence-corrected chi connectivity index (χ1v) is 12.0. The molecule has 0 bridgehead atoms. The molecule has 3 aromatic rings. The fourth-order valence-electron chi connectivity index (χ4n) is 4.70. The van der Waals surface area contributed by atoms with Gasteiger partial charge in [0, 0.05) is 37.4 Å². The number of ether oxygens (including phenoxy) is 3. The Balaban J connectivity index is 1.53. The number of anilines is 1. The Morgan fingerprint density at radius 3 is 2.11 bits per heavy atom. The summed E-state index contributed by atoms with van der Waals surface area (Å²) in [6, 6.07) is 21.7. The van der Waals surface area contributed by atoms with E-state index in [-0.39, 0.29) is 11.9 Å². The number of likely N-dealkylation sites (tertiary alicyclic amines) is 1. The Hall–Kier alpha value is -3.51. The summed E-state index contributed by atoms with van der Waals surface area (Å²) >= 11 is 0. The van der Waals surface area contributed by atoms with Gasteiger partial charge in [-0.15, -0.1) is 0 Å². The van der Waals surface area contributed by atoms with Crippen LogP contribution in [0, 0.1) is 6.92 Å². The number of rotatable bonds is 8. The zero-order chi connectivity index (χ0) is 24.8. The molecule has 4 rings (SSSR count). The van der Waals surface area contributed by atoms with Crippen LogP contribution in [0.2, 0.25) is 0 Å². The lowest BCUT2D eigenvalue weighted by molar-refractivity contribution is 0.0955. The summed E-state index contributed by atoms with van der Waals surface area (Å²) in [7, 11) is 4.94. The number of carbonyl (C=O) groups is 1. The lowest BCUT2D eigenvalue weighted by atomic mass is 9.99. The van der Waals surface area contributed by atoms with Gasteiger partial charge < -0.3 is 19.1 Å². The quantitative estimate of drug-likeness (QED) is 0.442. The van der Waals surface area contributed by atoms with Crippen molar-refractivity contribution in [3.8, 4) is 17.2 Å². The van der Waals surface area contributed by atoms with Crippen LogP contribution in [0.25, 0.3) is 0 Å². The van der Waals surface area contributed by atoms with Crippen molar-refractivity contribution in [1.29, 1.82) is 0 Å². The maximum absolute atomic E-state index is 13.8. The van der Waals surface area contributed by atoms with Crippen molar-refractivity contribution in [2.24, 2.45) is 0 Å². The molecule has 0 aliphatic carbocycles. The van der Waals surface area contributed by atoms with Gasteiger partial charge in [0.15, 0.2) is 0 Å². The third-order valence-electron chi connectivity index (χ3n) is 6.61. The van der Waals surface area contributed by atoms with Gasteiger partial charge in [0.1, 0.15) is 17.2 Å². The molecule has 6 nitrogen and oxygen atoms in total. The first-order chi connectivity index (χ1) is 17.0. The van der Waals surface area contributed by atoms with Gasteiger partial charge in [0.25, 0.3) is 5.91 Å². The lowest BCUT2D eigenvalue weighted by Gasteiger charge is -2.39. The van der Waals surface area contributed by atoms with Crippen molar-refractivity contribution < 1.29 is 19.0 Å². The molecule has 0 N–H and O–H groups in total. The Labute approximate surface area is 208 Å². The fraction of sp³-hybridized carbons (Fsp3) is 0.345. The van der Waals surface area contributed by atoms with Crippen molar-refractivity contribution in [1.82, 2.24) is 4.90 Å². The molecule has 35 heavy (non-hydrogen) atoms. The van der Waals surface area contributed by atoms with E-state index in [0.29, 0.717) is 11.3 Å². The number of piperidine rings is 1. The summed E-state index contributed by atoms with van der Waals surface area (Å²) < 4.78 is 16.4. The van der Waals surface area contributed by atoms with Crippen LogP contribution in [0.3, 0.4) is 0 Å². The summed E-state index contributed by atoms with van der Waals surface area (Å²) in [4.78, 5) is 18.2. The van der Waals surface area contributed by atoms with Gasteiger partial charge in [-0.05, 0) is 61.7 Å². The summed E-state index contributed by atoms with van der Waals surface area (Å²) in [5.41, 5.74) is 3.83. The van der Waals surface area contributed by atoms with Gasteiger partial charge in [-0.3, -0.25) is 9.69 Å². The van der Waals surface area contributed by atoms with E-state index in [1.807, 2.05) is 47.4 Å². The van der Waals surface area contributed by atoms with Gasteiger partial charge in [0.2, 0.25) is 0 Å². The summed E-state index contributed by atoms with van der Waals surface area (Å²) in [5, 5.41) is 0. The lowest BCUT2D eigenvalue weighted by Crippen LogP contribution is -2.47. The average Bonchev–Trinajstić information content (AvgIpc) is 2.90. The van der Waals surface area contributed by atoms with Gasteiger partial charge >= 0.3 is 0 Å². The molecule has 0 unspecified atom stereocenters. The normalized spacial score (nSPS) is 14.4. The Morgan fingerprint density at radius 2 is 1.51 bits per heavy atom. The first kappa shape index (κ1) is 24.6. The molecule has 6 heteroatoms. The van der Waals surface area contributed by atoms with E-state index < -0.39 is 0 Å². The molecule has 1 saturated heterocycles. The first-order valence-electron chi connectivity index (χ1n) is 12.0. The van der Waals surface area contributed by atoms with E-state index in [4.69, 9.17) is 14.2 Å². The second-order valence-electron chi connectivity index (χ2n) is 8.94. The molecule has 3 aromatic carbocycles. The summed E-state index contributed by atoms with van der Waals surface area (Å²) in [6.07, 6.45) is 1.77. The van der Waals surface area contributed by atoms with E-state index in [0.717, 1.165) is 55.2 Å². The highest BCUT2D eigenvalue weighted by Gasteiger charge is 2.31. The molecule has 1 fully saturated rings. The molecule has 1 heterocycles. The van der Waals surface area contributed by atoms with Crippen LogP contribution in [-0.4, -0.2) is 51.3 Å². The zero-order valence-corrected chi connectivity index (χ0v) is 21.0. The van der Waals surface area contributed by atoms with Crippen LogP contribution in [0.5, 0.6) is 17.2 Å². The van der Waals surface area contributed by atoms with Crippen molar-refractivity contribution in [2.75, 3.05) is 39.3 Å². The van der Waals surface area contributed by atoms with Crippen LogP contribution in [-0.2, 0) is 6.54 Å². The van der Waals surface area contributed by atoms with Crippen molar-refractivity contribution in [2.45, 2.75) is 32.4 Å². The zero-order valence-electron chi connectivity index (χ0n) is 21.0. The number of benzene rings is 3. The largest absolute Gasteiger partial charge is 0.497 e. The predicted octanol–water partition coefficient (Wildman–Crippen LogP) is 5.33. The number of methoxy groups -OCH3 is 3. The van der Waals surface area contributed by atoms with Crippen LogP contribution in [0.1, 0.15) is 34.3 Å². The smallest absolute Gasteiger partial charge is 0.262 e. The maximum atomic E-state index is 13.8. The molecule has 1 amide bonds. The third kappa shape index (κ3) is 5.77. The number of aryl methyl sites for hydroxylation is 1. The number of carbonyl (C=O) groups excluding carboxylic acids is 1. The number of para-hydroxylation sites is 1. The van der Waals surface area contributed by atoms with Crippen LogP contribution in [0.15, 0.2) is 66.7 Å². The van der Waals surface area contributed by atoms with Crippen LogP contribution >= 0.6 is 0 Å². The molecular formula is C29H34N2O4. The number of amides is 1. The fourth-order valence-corrected chi connectivity index (χ4v) is 4.70. The number of hydrogen-bond acceptors (Lipinski definition) is 5. The van der Waals surface area contributed by atoms with E-state index in [1.54, 1.807) is 21.3 Å². The molecule has 0 atom stereocenters. The standard InChI is InChI=1S/C29H34N2O4/c1-21-9-11-23(12-10-21)31(29(32)27-7-5-6-8-28(27)35-4)24-13-15-30(16-14-24)20-22-17-25(33-2)19-26(18-22)34-3/h5-12,17-19,24H,13-16,20H2,1-4H3. The van der Waals surface area contributed by atoms with E-state index in [1.165, 1.54) is 5.56 Å². The number of hydrogen-bond donors (Lipinski definition) is 0. The van der Waals surface area contributed by atoms with Crippen LogP contribution in [0.4, 0.5) is 5.69 Å². The summed E-state index contributed by atoms with van der Waals surface area (Å²) in [5.74, 6) is 2.16. The molecule has 1 aliphatic rings. The second kappa shape index (κ2) is 11.3. The maximum Gasteiger partial charge on any atom is 0.262 e. The van der Waals surface area contributed by atoms with Crippen molar-refractivity contribution >= 4 is 11.6 Å². The van der Waals surface area contributed by atoms with Gasteiger partial charge in [0.05, 0.1) is 26.9 Å². The molecule has 1 aliphatic heterocycles. The van der Waals surface area contributed by atoms with E-state index >= 15 is 0 Å².